The number of benzene rings is 1. The van der Waals surface area contributed by atoms with Crippen LogP contribution in [0.4, 0.5) is 13.2 Å². The van der Waals surface area contributed by atoms with Crippen molar-refractivity contribution in [3.05, 3.63) is 29.8 Å². The molecule has 0 unspecified atom stereocenters. The van der Waals surface area contributed by atoms with Gasteiger partial charge in [0.15, 0.2) is 6.61 Å². The second kappa shape index (κ2) is 7.23. The maximum Gasteiger partial charge on any atom is 0.422 e. The van der Waals surface area contributed by atoms with Crippen molar-refractivity contribution in [2.24, 2.45) is 11.3 Å². The van der Waals surface area contributed by atoms with Crippen molar-refractivity contribution < 1.29 is 22.7 Å². The number of carbonyl (C=O) groups is 1. The van der Waals surface area contributed by atoms with E-state index in [1.807, 2.05) is 0 Å². The Labute approximate surface area is 145 Å². The summed E-state index contributed by atoms with van der Waals surface area (Å²) in [6.45, 7) is 0.558. The van der Waals surface area contributed by atoms with Crippen LogP contribution in [-0.2, 0) is 11.3 Å². The van der Waals surface area contributed by atoms with Crippen LogP contribution in [0.15, 0.2) is 24.3 Å². The summed E-state index contributed by atoms with van der Waals surface area (Å²) in [4.78, 5) is 12.8. The van der Waals surface area contributed by atoms with Gasteiger partial charge in [-0.15, -0.1) is 0 Å². The van der Waals surface area contributed by atoms with E-state index in [1.54, 1.807) is 12.1 Å². The van der Waals surface area contributed by atoms with Crippen LogP contribution in [0.25, 0.3) is 0 Å². The maximum absolute atomic E-state index is 12.8. The van der Waals surface area contributed by atoms with Crippen molar-refractivity contribution in [3.63, 3.8) is 0 Å². The highest BCUT2D eigenvalue weighted by Crippen LogP contribution is 2.43. The van der Waals surface area contributed by atoms with Gasteiger partial charge in [-0.05, 0) is 43.0 Å². The van der Waals surface area contributed by atoms with Crippen LogP contribution >= 0.6 is 0 Å². The van der Waals surface area contributed by atoms with E-state index < -0.39 is 12.8 Å². The van der Waals surface area contributed by atoms with E-state index in [0.29, 0.717) is 12.5 Å². The zero-order valence-electron chi connectivity index (χ0n) is 14.0. The van der Waals surface area contributed by atoms with Crippen LogP contribution in [0.3, 0.4) is 0 Å². The number of fused-ring (bicyclic) bond motifs is 1. The molecule has 7 heteroatoms. The smallest absolute Gasteiger partial charge is 0.422 e. The van der Waals surface area contributed by atoms with Crippen LogP contribution in [0.5, 0.6) is 5.75 Å². The number of hydrogen-bond acceptors (Lipinski definition) is 3. The molecule has 1 saturated carbocycles. The van der Waals surface area contributed by atoms with E-state index in [-0.39, 0.29) is 23.6 Å². The molecule has 1 aromatic carbocycles. The van der Waals surface area contributed by atoms with Gasteiger partial charge in [-0.3, -0.25) is 4.79 Å². The van der Waals surface area contributed by atoms with Gasteiger partial charge in [0.2, 0.25) is 5.91 Å². The van der Waals surface area contributed by atoms with Crippen LogP contribution < -0.4 is 15.4 Å². The summed E-state index contributed by atoms with van der Waals surface area (Å²) in [5.74, 6) is 0.576. The van der Waals surface area contributed by atoms with Gasteiger partial charge in [0.25, 0.3) is 0 Å². The van der Waals surface area contributed by atoms with Crippen LogP contribution in [0.1, 0.15) is 31.2 Å². The standard InChI is InChI=1S/C18H23F3N2O2/c19-18(20,21)12-25-15-6-3-4-13(8-15)9-23-16(24)17-7-2-1-5-14(17)10-22-11-17/h3-4,6,8,14,22H,1-2,5,7,9-12H2,(H,23,24)/t14-,17+/m0/s1. The third kappa shape index (κ3) is 4.26. The third-order valence-electron chi connectivity index (χ3n) is 5.24. The topological polar surface area (TPSA) is 50.4 Å². The van der Waals surface area contributed by atoms with Crippen molar-refractivity contribution in [3.8, 4) is 5.75 Å². The Kier molecular flexibility index (Phi) is 5.22. The molecule has 3 rings (SSSR count). The molecule has 25 heavy (non-hydrogen) atoms. The van der Waals surface area contributed by atoms with Gasteiger partial charge in [-0.2, -0.15) is 13.2 Å². The van der Waals surface area contributed by atoms with Gasteiger partial charge in [0, 0.05) is 13.1 Å². The Morgan fingerprint density at radius 3 is 3.00 bits per heavy atom. The summed E-state index contributed by atoms with van der Waals surface area (Å²) < 4.78 is 41.5. The average Bonchev–Trinajstić information content (AvgIpc) is 3.03. The first-order chi connectivity index (χ1) is 11.9. The van der Waals surface area contributed by atoms with E-state index in [4.69, 9.17) is 4.74 Å². The van der Waals surface area contributed by atoms with E-state index in [2.05, 4.69) is 10.6 Å². The summed E-state index contributed by atoms with van der Waals surface area (Å²) in [5, 5.41) is 6.31. The summed E-state index contributed by atoms with van der Waals surface area (Å²) in [6, 6.07) is 6.42. The second-order valence-corrected chi connectivity index (χ2v) is 6.96. The Hall–Kier alpha value is -1.76. The zero-order chi connectivity index (χ0) is 17.9. The Bertz CT molecular complexity index is 621. The van der Waals surface area contributed by atoms with Crippen molar-refractivity contribution >= 4 is 5.91 Å². The van der Waals surface area contributed by atoms with Gasteiger partial charge in [0.05, 0.1) is 5.41 Å². The highest BCUT2D eigenvalue weighted by molar-refractivity contribution is 5.83. The molecule has 2 aliphatic rings. The first-order valence-corrected chi connectivity index (χ1v) is 8.67. The Morgan fingerprint density at radius 2 is 2.20 bits per heavy atom. The summed E-state index contributed by atoms with van der Waals surface area (Å²) in [7, 11) is 0. The second-order valence-electron chi connectivity index (χ2n) is 6.96. The highest BCUT2D eigenvalue weighted by atomic mass is 19.4. The minimum atomic E-state index is -4.37. The number of amides is 1. The quantitative estimate of drug-likeness (QED) is 0.853. The molecule has 4 nitrogen and oxygen atoms in total. The number of carbonyl (C=O) groups excluding carboxylic acids is 1. The van der Waals surface area contributed by atoms with Crippen molar-refractivity contribution in [2.45, 2.75) is 38.4 Å². The number of rotatable bonds is 5. The summed E-state index contributed by atoms with van der Waals surface area (Å²) >= 11 is 0. The molecule has 0 bridgehead atoms. The lowest BCUT2D eigenvalue weighted by molar-refractivity contribution is -0.153. The number of ether oxygens (including phenoxy) is 1. The fourth-order valence-corrected chi connectivity index (χ4v) is 3.96. The first-order valence-electron chi connectivity index (χ1n) is 8.67. The molecular formula is C18H23F3N2O2. The molecule has 1 aromatic rings. The van der Waals surface area contributed by atoms with Crippen molar-refractivity contribution in [2.75, 3.05) is 19.7 Å². The largest absolute Gasteiger partial charge is 0.484 e. The summed E-state index contributed by atoms with van der Waals surface area (Å²) in [6.07, 6.45) is -0.173. The normalized spacial score (nSPS) is 26.1. The molecule has 1 heterocycles. The van der Waals surface area contributed by atoms with Gasteiger partial charge < -0.3 is 15.4 Å². The molecule has 1 saturated heterocycles. The number of halogens is 3. The van der Waals surface area contributed by atoms with E-state index in [9.17, 15) is 18.0 Å². The summed E-state index contributed by atoms with van der Waals surface area (Å²) in [5.41, 5.74) is 0.394. The molecule has 2 fully saturated rings. The molecule has 1 amide bonds. The minimum Gasteiger partial charge on any atom is -0.484 e. The number of alkyl halides is 3. The molecule has 138 valence electrons. The monoisotopic (exact) mass is 356 g/mol. The SMILES string of the molecule is O=C(NCc1cccc(OCC(F)(F)F)c1)[C@@]12CCCC[C@H]1CNC2. The Morgan fingerprint density at radius 1 is 1.36 bits per heavy atom. The predicted octanol–water partition coefficient (Wildman–Crippen LogP) is 3.02. The fourth-order valence-electron chi connectivity index (χ4n) is 3.96. The third-order valence-corrected chi connectivity index (χ3v) is 5.24. The van der Waals surface area contributed by atoms with E-state index >= 15 is 0 Å². The maximum atomic E-state index is 12.8. The fraction of sp³-hybridized carbons (Fsp3) is 0.611. The van der Waals surface area contributed by atoms with Crippen molar-refractivity contribution in [1.82, 2.24) is 10.6 Å². The highest BCUT2D eigenvalue weighted by Gasteiger charge is 2.49. The van der Waals surface area contributed by atoms with Crippen molar-refractivity contribution in [1.29, 1.82) is 0 Å². The molecule has 1 aliphatic carbocycles. The molecule has 0 aromatic heterocycles. The Balaban J connectivity index is 1.59. The zero-order valence-corrected chi connectivity index (χ0v) is 14.0. The van der Waals surface area contributed by atoms with Crippen LogP contribution in [-0.4, -0.2) is 31.8 Å². The lowest BCUT2D eigenvalue weighted by Crippen LogP contribution is -2.47. The molecule has 1 aliphatic heterocycles. The molecule has 2 N–H and O–H groups in total. The lowest BCUT2D eigenvalue weighted by atomic mass is 9.67. The molecular weight excluding hydrogens is 333 g/mol. The van der Waals surface area contributed by atoms with E-state index in [1.165, 1.54) is 18.6 Å². The van der Waals surface area contributed by atoms with Crippen LogP contribution in [0.2, 0.25) is 0 Å². The van der Waals surface area contributed by atoms with Crippen LogP contribution in [0, 0.1) is 11.3 Å². The van der Waals surface area contributed by atoms with E-state index in [0.717, 1.165) is 31.4 Å². The number of nitrogens with one attached hydrogen (secondary N) is 2. The minimum absolute atomic E-state index is 0.0452. The van der Waals surface area contributed by atoms with Gasteiger partial charge in [0.1, 0.15) is 5.75 Å². The van der Waals surface area contributed by atoms with Gasteiger partial charge >= 0.3 is 6.18 Å². The molecule has 0 radical (unpaired) electrons. The number of hydrogen-bond donors (Lipinski definition) is 2. The average molecular weight is 356 g/mol. The molecule has 0 spiro atoms. The predicted molar refractivity (Wildman–Crippen MR) is 87.1 cm³/mol. The van der Waals surface area contributed by atoms with Gasteiger partial charge in [-0.25, -0.2) is 0 Å². The lowest BCUT2D eigenvalue weighted by Gasteiger charge is -2.37. The first kappa shape index (κ1) is 18.0. The molecule has 2 atom stereocenters. The van der Waals surface area contributed by atoms with Gasteiger partial charge in [-0.1, -0.05) is 25.0 Å².